The molecule has 2 N–H and O–H groups in total. The van der Waals surface area contributed by atoms with Crippen LogP contribution in [0.3, 0.4) is 0 Å². The number of hydrogen-bond donors (Lipinski definition) is 2. The first-order chi connectivity index (χ1) is 16.4. The summed E-state index contributed by atoms with van der Waals surface area (Å²) < 4.78 is 7.41. The van der Waals surface area contributed by atoms with E-state index >= 15 is 0 Å². The summed E-state index contributed by atoms with van der Waals surface area (Å²) in [6, 6.07) is 14.4. The van der Waals surface area contributed by atoms with E-state index in [9.17, 15) is 9.59 Å². The highest BCUT2D eigenvalue weighted by Gasteiger charge is 2.09. The number of H-pyrrole nitrogens is 1. The van der Waals surface area contributed by atoms with Crippen LogP contribution < -0.4 is 15.6 Å². The van der Waals surface area contributed by atoms with Crippen LogP contribution >= 0.6 is 0 Å². The van der Waals surface area contributed by atoms with E-state index in [1.54, 1.807) is 41.2 Å². The largest absolute Gasteiger partial charge is 0.439 e. The van der Waals surface area contributed by atoms with Gasteiger partial charge in [0.1, 0.15) is 11.4 Å². The Kier molecular flexibility index (Phi) is 6.50. The van der Waals surface area contributed by atoms with E-state index in [1.807, 2.05) is 26.0 Å². The zero-order valence-corrected chi connectivity index (χ0v) is 18.6. The summed E-state index contributed by atoms with van der Waals surface area (Å²) in [6.07, 6.45) is 6.24. The van der Waals surface area contributed by atoms with E-state index < -0.39 is 5.91 Å². The minimum absolute atomic E-state index is 0.112. The molecule has 0 aliphatic carbocycles. The second-order valence-corrected chi connectivity index (χ2v) is 7.83. The van der Waals surface area contributed by atoms with Crippen LogP contribution in [0.15, 0.2) is 65.7 Å². The van der Waals surface area contributed by atoms with Crippen molar-refractivity contribution in [3.8, 4) is 17.7 Å². The molecule has 0 radical (unpaired) electrons. The van der Waals surface area contributed by atoms with Crippen molar-refractivity contribution in [2.45, 2.75) is 26.3 Å². The summed E-state index contributed by atoms with van der Waals surface area (Å²) in [5, 5.41) is 16.5. The maximum atomic E-state index is 12.4. The van der Waals surface area contributed by atoms with Gasteiger partial charge in [-0.05, 0) is 49.8 Å². The molecule has 9 nitrogen and oxygen atoms in total. The molecular weight excluding hydrogens is 432 g/mol. The molecule has 0 unspecified atom stereocenters. The highest BCUT2D eigenvalue weighted by Crippen LogP contribution is 2.21. The Bertz CT molecular complexity index is 1440. The van der Waals surface area contributed by atoms with Crippen LogP contribution in [0, 0.1) is 11.3 Å². The van der Waals surface area contributed by atoms with E-state index in [-0.39, 0.29) is 11.6 Å². The van der Waals surface area contributed by atoms with Crippen LogP contribution in [-0.4, -0.2) is 25.7 Å². The Morgan fingerprint density at radius 2 is 2.03 bits per heavy atom. The van der Waals surface area contributed by atoms with Crippen LogP contribution in [-0.2, 0) is 11.2 Å². The number of ether oxygens (including phenoxy) is 1. The van der Waals surface area contributed by atoms with E-state index in [1.165, 1.54) is 18.3 Å². The van der Waals surface area contributed by atoms with Crippen molar-refractivity contribution in [2.24, 2.45) is 0 Å². The Hall–Kier alpha value is -4.71. The van der Waals surface area contributed by atoms with Gasteiger partial charge in [0.05, 0.1) is 30.6 Å². The summed E-state index contributed by atoms with van der Waals surface area (Å²) in [7, 11) is 0. The van der Waals surface area contributed by atoms with E-state index in [4.69, 9.17) is 10.00 Å². The monoisotopic (exact) mass is 454 g/mol. The van der Waals surface area contributed by atoms with Crippen molar-refractivity contribution in [3.63, 3.8) is 0 Å². The Morgan fingerprint density at radius 3 is 2.71 bits per heavy atom. The first-order valence-corrected chi connectivity index (χ1v) is 10.6. The van der Waals surface area contributed by atoms with Crippen LogP contribution in [0.5, 0.6) is 11.6 Å². The first kappa shape index (κ1) is 22.5. The lowest BCUT2D eigenvalue weighted by atomic mass is 10.2. The van der Waals surface area contributed by atoms with Crippen molar-refractivity contribution in [1.29, 1.82) is 5.26 Å². The molecule has 0 aliphatic heterocycles. The van der Waals surface area contributed by atoms with Crippen LogP contribution in [0.4, 0.5) is 5.69 Å². The fourth-order valence-corrected chi connectivity index (χ4v) is 3.29. The minimum atomic E-state index is -0.402. The first-order valence-electron chi connectivity index (χ1n) is 10.6. The van der Waals surface area contributed by atoms with Gasteiger partial charge in [0.15, 0.2) is 0 Å². The van der Waals surface area contributed by atoms with Gasteiger partial charge < -0.3 is 15.0 Å². The second kappa shape index (κ2) is 9.83. The SMILES string of the molecule is CC(C)n1ncc2cc(/C=C/C(=O)Nc3ccc(Oc4ccc(CC#N)cc4)nc3)c(=O)[nH]c21. The molecule has 0 spiro atoms. The minimum Gasteiger partial charge on any atom is -0.439 e. The van der Waals surface area contributed by atoms with Crippen molar-refractivity contribution < 1.29 is 9.53 Å². The molecule has 170 valence electrons. The quantitative estimate of drug-likeness (QED) is 0.403. The number of nitrogens with one attached hydrogen (secondary N) is 2. The average Bonchev–Trinajstić information content (AvgIpc) is 3.23. The fourth-order valence-electron chi connectivity index (χ4n) is 3.29. The molecule has 1 amide bonds. The molecule has 1 aromatic carbocycles. The smallest absolute Gasteiger partial charge is 0.256 e. The zero-order valence-electron chi connectivity index (χ0n) is 18.6. The number of nitriles is 1. The van der Waals surface area contributed by atoms with Gasteiger partial charge in [-0.3, -0.25) is 9.59 Å². The molecule has 0 bridgehead atoms. The van der Waals surface area contributed by atoms with Crippen molar-refractivity contribution in [1.82, 2.24) is 19.7 Å². The molecule has 3 heterocycles. The lowest BCUT2D eigenvalue weighted by Crippen LogP contribution is -2.13. The van der Waals surface area contributed by atoms with Gasteiger partial charge in [-0.15, -0.1) is 0 Å². The molecule has 3 aromatic heterocycles. The topological polar surface area (TPSA) is 126 Å². The number of fused-ring (bicyclic) bond motifs is 1. The van der Waals surface area contributed by atoms with Gasteiger partial charge in [0, 0.05) is 29.1 Å². The number of anilines is 1. The molecule has 0 saturated carbocycles. The summed E-state index contributed by atoms with van der Waals surface area (Å²) in [4.78, 5) is 31.7. The highest BCUT2D eigenvalue weighted by molar-refractivity contribution is 6.02. The number of rotatable bonds is 7. The molecular formula is C25H22N6O3. The third kappa shape index (κ3) is 5.19. The van der Waals surface area contributed by atoms with Gasteiger partial charge in [-0.2, -0.15) is 10.4 Å². The number of carbonyl (C=O) groups is 1. The van der Waals surface area contributed by atoms with Crippen LogP contribution in [0.2, 0.25) is 0 Å². The molecule has 0 atom stereocenters. The normalized spacial score (nSPS) is 11.1. The van der Waals surface area contributed by atoms with Gasteiger partial charge in [0.25, 0.3) is 5.56 Å². The second-order valence-electron chi connectivity index (χ2n) is 7.83. The summed E-state index contributed by atoms with van der Waals surface area (Å²) in [6.45, 7) is 3.96. The Balaban J connectivity index is 1.39. The number of carbonyl (C=O) groups excluding carboxylic acids is 1. The zero-order chi connectivity index (χ0) is 24.1. The van der Waals surface area contributed by atoms with Gasteiger partial charge in [-0.25, -0.2) is 9.67 Å². The predicted molar refractivity (Wildman–Crippen MR) is 128 cm³/mol. The number of amides is 1. The lowest BCUT2D eigenvalue weighted by Gasteiger charge is -2.07. The molecule has 0 saturated heterocycles. The van der Waals surface area contributed by atoms with E-state index in [0.717, 1.165) is 10.9 Å². The van der Waals surface area contributed by atoms with Crippen molar-refractivity contribution in [2.75, 3.05) is 5.32 Å². The summed E-state index contributed by atoms with van der Waals surface area (Å²) in [5.74, 6) is 0.555. The van der Waals surface area contributed by atoms with Gasteiger partial charge in [0.2, 0.25) is 11.8 Å². The molecule has 4 rings (SSSR count). The third-order valence-electron chi connectivity index (χ3n) is 4.97. The number of hydrogen-bond acceptors (Lipinski definition) is 6. The van der Waals surface area contributed by atoms with Crippen LogP contribution in [0.1, 0.15) is 31.0 Å². The van der Waals surface area contributed by atoms with Crippen molar-refractivity contribution in [3.05, 3.63) is 82.4 Å². The lowest BCUT2D eigenvalue weighted by molar-refractivity contribution is -0.111. The fraction of sp³-hybridized carbons (Fsp3) is 0.160. The highest BCUT2D eigenvalue weighted by atomic mass is 16.5. The maximum absolute atomic E-state index is 12.4. The third-order valence-corrected chi connectivity index (χ3v) is 4.97. The van der Waals surface area contributed by atoms with Gasteiger partial charge >= 0.3 is 0 Å². The van der Waals surface area contributed by atoms with Crippen molar-refractivity contribution >= 4 is 28.7 Å². The van der Waals surface area contributed by atoms with Gasteiger partial charge in [-0.1, -0.05) is 12.1 Å². The summed E-state index contributed by atoms with van der Waals surface area (Å²) in [5.41, 5.74) is 2.08. The molecule has 0 aliphatic rings. The standard InChI is InChI=1S/C25H22N6O3/c1-16(2)31-24-19(14-28-31)13-18(25(33)30-24)5-9-22(32)29-20-6-10-23(27-15-20)34-21-7-3-17(4-8-21)11-12-26/h3-10,13-16H,11H2,1-2H3,(H,29,32)(H,30,33)/b9-5+. The average molecular weight is 454 g/mol. The molecule has 0 fully saturated rings. The Labute approximate surface area is 195 Å². The van der Waals surface area contributed by atoms with E-state index in [0.29, 0.717) is 34.9 Å². The molecule has 34 heavy (non-hydrogen) atoms. The number of aromatic amines is 1. The molecule has 4 aromatic rings. The predicted octanol–water partition coefficient (Wildman–Crippen LogP) is 4.21. The number of benzene rings is 1. The number of aromatic nitrogens is 4. The number of pyridine rings is 2. The van der Waals surface area contributed by atoms with Crippen LogP contribution in [0.25, 0.3) is 17.1 Å². The molecule has 9 heteroatoms. The van der Waals surface area contributed by atoms with E-state index in [2.05, 4.69) is 26.5 Å². The number of nitrogens with zero attached hydrogens (tertiary/aromatic N) is 4. The Morgan fingerprint density at radius 1 is 1.24 bits per heavy atom. The summed E-state index contributed by atoms with van der Waals surface area (Å²) >= 11 is 0. The maximum Gasteiger partial charge on any atom is 0.256 e.